The number of nitrogens with two attached hydrogens (primary N) is 1. The van der Waals surface area contributed by atoms with Gasteiger partial charge in [-0.15, -0.1) is 0 Å². The summed E-state index contributed by atoms with van der Waals surface area (Å²) in [4.78, 5) is 0.188. The van der Waals surface area contributed by atoms with Crippen molar-refractivity contribution in [3.05, 3.63) is 23.3 Å². The fourth-order valence-corrected chi connectivity index (χ4v) is 3.57. The number of benzene rings is 1. The van der Waals surface area contributed by atoms with Gasteiger partial charge < -0.3 is 5.73 Å². The summed E-state index contributed by atoms with van der Waals surface area (Å²) in [7, 11) is -3.51. The second-order valence-electron chi connectivity index (χ2n) is 5.84. The highest BCUT2D eigenvalue weighted by Crippen LogP contribution is 2.45. The highest BCUT2D eigenvalue weighted by molar-refractivity contribution is 7.89. The van der Waals surface area contributed by atoms with Crippen molar-refractivity contribution in [1.29, 1.82) is 0 Å². The third kappa shape index (κ3) is 2.37. The molecule has 4 nitrogen and oxygen atoms in total. The first kappa shape index (κ1) is 13.4. The molecular formula is C13H20N2O2S. The lowest BCUT2D eigenvalue weighted by Gasteiger charge is -2.12. The Hall–Kier alpha value is -1.07. The fourth-order valence-electron chi connectivity index (χ4n) is 1.96. The number of rotatable bonds is 3. The Bertz CT molecular complexity index is 591. The maximum atomic E-state index is 12.3. The number of nitrogen functional groups attached to an aromatic ring is 1. The lowest BCUT2D eigenvalue weighted by molar-refractivity contribution is 0.555. The zero-order valence-corrected chi connectivity index (χ0v) is 12.1. The van der Waals surface area contributed by atoms with Gasteiger partial charge >= 0.3 is 0 Å². The molecule has 1 fully saturated rings. The molecule has 0 amide bonds. The lowest BCUT2D eigenvalue weighted by atomic mass is 10.1. The number of hydrogen-bond donors (Lipinski definition) is 2. The zero-order valence-electron chi connectivity index (χ0n) is 11.2. The minimum absolute atomic E-state index is 0.0171. The number of anilines is 1. The Morgan fingerprint density at radius 2 is 1.78 bits per heavy atom. The molecule has 0 heterocycles. The standard InChI is InChI=1S/C13H20N2O2S/c1-8-5-10(14)11(6-9(8)2)18(16,17)15-12-7-13(12,3)4/h5-6,12,15H,7,14H2,1-4H3. The van der Waals surface area contributed by atoms with Gasteiger partial charge in [0.25, 0.3) is 0 Å². The summed E-state index contributed by atoms with van der Waals surface area (Å²) >= 11 is 0. The van der Waals surface area contributed by atoms with Crippen molar-refractivity contribution in [1.82, 2.24) is 4.72 Å². The topological polar surface area (TPSA) is 72.2 Å². The second kappa shape index (κ2) is 3.96. The van der Waals surface area contributed by atoms with Crippen LogP contribution in [-0.2, 0) is 10.0 Å². The van der Waals surface area contributed by atoms with Gasteiger partial charge in [-0.05, 0) is 48.9 Å². The van der Waals surface area contributed by atoms with Gasteiger partial charge in [0.05, 0.1) is 5.69 Å². The van der Waals surface area contributed by atoms with Gasteiger partial charge in [0.15, 0.2) is 0 Å². The molecule has 1 saturated carbocycles. The highest BCUT2D eigenvalue weighted by atomic mass is 32.2. The molecule has 0 aromatic heterocycles. The molecule has 18 heavy (non-hydrogen) atoms. The van der Waals surface area contributed by atoms with Crippen LogP contribution in [0, 0.1) is 19.3 Å². The van der Waals surface area contributed by atoms with E-state index >= 15 is 0 Å². The predicted molar refractivity (Wildman–Crippen MR) is 72.8 cm³/mol. The van der Waals surface area contributed by atoms with E-state index in [2.05, 4.69) is 4.72 Å². The predicted octanol–water partition coefficient (Wildman–Crippen LogP) is 1.96. The Balaban J connectivity index is 2.33. The summed E-state index contributed by atoms with van der Waals surface area (Å²) < 4.78 is 27.2. The number of sulfonamides is 1. The molecule has 1 aromatic rings. The Morgan fingerprint density at radius 1 is 1.28 bits per heavy atom. The van der Waals surface area contributed by atoms with Crippen molar-refractivity contribution >= 4 is 15.7 Å². The van der Waals surface area contributed by atoms with Crippen molar-refractivity contribution in [3.8, 4) is 0 Å². The molecule has 0 aliphatic heterocycles. The van der Waals surface area contributed by atoms with Crippen LogP contribution < -0.4 is 10.5 Å². The molecule has 1 aromatic carbocycles. The van der Waals surface area contributed by atoms with E-state index in [4.69, 9.17) is 5.73 Å². The van der Waals surface area contributed by atoms with Crippen molar-refractivity contribution in [2.24, 2.45) is 5.41 Å². The second-order valence-corrected chi connectivity index (χ2v) is 7.52. The van der Waals surface area contributed by atoms with Crippen molar-refractivity contribution in [2.45, 2.75) is 45.1 Å². The van der Waals surface area contributed by atoms with Crippen LogP contribution in [0.2, 0.25) is 0 Å². The van der Waals surface area contributed by atoms with Gasteiger partial charge in [0, 0.05) is 6.04 Å². The number of hydrogen-bond acceptors (Lipinski definition) is 3. The third-order valence-corrected chi connectivity index (χ3v) is 5.25. The van der Waals surface area contributed by atoms with Crippen LogP contribution >= 0.6 is 0 Å². The number of aryl methyl sites for hydroxylation is 2. The maximum Gasteiger partial charge on any atom is 0.242 e. The maximum absolute atomic E-state index is 12.3. The molecule has 1 atom stereocenters. The zero-order chi connectivity index (χ0) is 13.7. The highest BCUT2D eigenvalue weighted by Gasteiger charge is 2.48. The van der Waals surface area contributed by atoms with E-state index in [0.717, 1.165) is 17.5 Å². The van der Waals surface area contributed by atoms with Crippen LogP contribution in [-0.4, -0.2) is 14.5 Å². The Morgan fingerprint density at radius 3 is 2.28 bits per heavy atom. The van der Waals surface area contributed by atoms with Crippen molar-refractivity contribution in [2.75, 3.05) is 5.73 Å². The minimum atomic E-state index is -3.51. The molecule has 0 radical (unpaired) electrons. The molecule has 100 valence electrons. The van der Waals surface area contributed by atoms with Crippen molar-refractivity contribution < 1.29 is 8.42 Å². The molecule has 1 unspecified atom stereocenters. The van der Waals surface area contributed by atoms with E-state index in [1.807, 2.05) is 27.7 Å². The van der Waals surface area contributed by atoms with Gasteiger partial charge in [-0.25, -0.2) is 13.1 Å². The SMILES string of the molecule is Cc1cc(N)c(S(=O)(=O)NC2CC2(C)C)cc1C. The smallest absolute Gasteiger partial charge is 0.242 e. The lowest BCUT2D eigenvalue weighted by Crippen LogP contribution is -2.29. The van der Waals surface area contributed by atoms with E-state index in [-0.39, 0.29) is 16.4 Å². The molecule has 0 bridgehead atoms. The van der Waals surface area contributed by atoms with Crippen molar-refractivity contribution in [3.63, 3.8) is 0 Å². The summed E-state index contributed by atoms with van der Waals surface area (Å²) in [5, 5.41) is 0. The summed E-state index contributed by atoms with van der Waals surface area (Å²) in [5.41, 5.74) is 8.12. The summed E-state index contributed by atoms with van der Waals surface area (Å²) in [6.45, 7) is 7.89. The van der Waals surface area contributed by atoms with E-state index in [1.54, 1.807) is 12.1 Å². The Kier molecular flexibility index (Phi) is 2.94. The van der Waals surface area contributed by atoms with Crippen LogP contribution in [0.1, 0.15) is 31.4 Å². The van der Waals surface area contributed by atoms with Gasteiger partial charge in [-0.2, -0.15) is 0 Å². The first-order valence-electron chi connectivity index (χ1n) is 6.02. The van der Waals surface area contributed by atoms with E-state index < -0.39 is 10.0 Å². The van der Waals surface area contributed by atoms with Crippen LogP contribution in [0.15, 0.2) is 17.0 Å². The van der Waals surface area contributed by atoms with E-state index in [1.165, 1.54) is 0 Å². The minimum Gasteiger partial charge on any atom is -0.398 e. The Labute approximate surface area is 109 Å². The van der Waals surface area contributed by atoms with E-state index in [0.29, 0.717) is 5.69 Å². The average molecular weight is 268 g/mol. The monoisotopic (exact) mass is 268 g/mol. The average Bonchev–Trinajstić information content (AvgIpc) is 2.78. The molecule has 1 aliphatic carbocycles. The molecular weight excluding hydrogens is 248 g/mol. The normalized spacial score (nSPS) is 21.9. The van der Waals surface area contributed by atoms with Crippen LogP contribution in [0.4, 0.5) is 5.69 Å². The first-order valence-corrected chi connectivity index (χ1v) is 7.51. The summed E-state index contributed by atoms with van der Waals surface area (Å²) in [6, 6.07) is 3.37. The van der Waals surface area contributed by atoms with E-state index in [9.17, 15) is 8.42 Å². The molecule has 0 spiro atoms. The van der Waals surface area contributed by atoms with Gasteiger partial charge in [-0.3, -0.25) is 0 Å². The molecule has 1 aliphatic rings. The van der Waals surface area contributed by atoms with Crippen LogP contribution in [0.3, 0.4) is 0 Å². The van der Waals surface area contributed by atoms with Gasteiger partial charge in [-0.1, -0.05) is 13.8 Å². The van der Waals surface area contributed by atoms with Crippen LogP contribution in [0.5, 0.6) is 0 Å². The van der Waals surface area contributed by atoms with Gasteiger partial charge in [0.1, 0.15) is 4.90 Å². The third-order valence-electron chi connectivity index (χ3n) is 3.73. The quantitative estimate of drug-likeness (QED) is 0.823. The fraction of sp³-hybridized carbons (Fsp3) is 0.538. The molecule has 3 N–H and O–H groups in total. The van der Waals surface area contributed by atoms with Crippen LogP contribution in [0.25, 0.3) is 0 Å². The summed E-state index contributed by atoms with van der Waals surface area (Å²) in [5.74, 6) is 0. The van der Waals surface area contributed by atoms with Gasteiger partial charge in [0.2, 0.25) is 10.0 Å². The molecule has 2 rings (SSSR count). The molecule has 5 heteroatoms. The molecule has 0 saturated heterocycles. The largest absolute Gasteiger partial charge is 0.398 e. The number of nitrogens with one attached hydrogen (secondary N) is 1. The first-order chi connectivity index (χ1) is 8.13. The summed E-state index contributed by atoms with van der Waals surface area (Å²) in [6.07, 6.45) is 0.872.